The van der Waals surface area contributed by atoms with Crippen molar-refractivity contribution >= 4 is 0 Å². The highest BCUT2D eigenvalue weighted by Gasteiger charge is 2.33. The van der Waals surface area contributed by atoms with Crippen LogP contribution in [0.1, 0.15) is 43.5 Å². The summed E-state index contributed by atoms with van der Waals surface area (Å²) in [5.74, 6) is 0.651. The fraction of sp³-hybridized carbons (Fsp3) is 0.571. The molecule has 102 valence electrons. The Morgan fingerprint density at radius 2 is 2.37 bits per heavy atom. The molecule has 0 saturated heterocycles. The van der Waals surface area contributed by atoms with Crippen molar-refractivity contribution < 1.29 is 9.63 Å². The van der Waals surface area contributed by atoms with E-state index in [9.17, 15) is 5.11 Å². The van der Waals surface area contributed by atoms with Crippen LogP contribution in [0.2, 0.25) is 0 Å². The number of fused-ring (bicyclic) bond motifs is 1. The maximum Gasteiger partial charge on any atom is 0.228 e. The normalized spacial score (nSPS) is 21.3. The van der Waals surface area contributed by atoms with Crippen molar-refractivity contribution in [2.24, 2.45) is 5.41 Å². The van der Waals surface area contributed by atoms with Gasteiger partial charge in [0.05, 0.1) is 6.10 Å². The third kappa shape index (κ3) is 2.42. The minimum Gasteiger partial charge on any atom is -0.388 e. The van der Waals surface area contributed by atoms with Crippen molar-refractivity contribution in [1.29, 1.82) is 0 Å². The second-order valence-corrected chi connectivity index (χ2v) is 6.06. The first kappa shape index (κ1) is 12.4. The molecule has 1 aliphatic carbocycles. The predicted molar refractivity (Wildman–Crippen MR) is 69.5 cm³/mol. The topological polar surface area (TPSA) is 64.1 Å². The molecule has 2 heterocycles. The quantitative estimate of drug-likeness (QED) is 0.919. The SMILES string of the molecule is CC1(C)Cc2c(ccn2CCc2ncno2)C(O)C1. The second kappa shape index (κ2) is 4.49. The number of hydrogen-bond donors (Lipinski definition) is 1. The first-order valence-electron chi connectivity index (χ1n) is 6.67. The lowest BCUT2D eigenvalue weighted by Gasteiger charge is -2.33. The number of rotatable bonds is 3. The average molecular weight is 261 g/mol. The van der Waals surface area contributed by atoms with Gasteiger partial charge in [-0.05, 0) is 24.3 Å². The zero-order valence-corrected chi connectivity index (χ0v) is 11.3. The highest BCUT2D eigenvalue weighted by molar-refractivity contribution is 5.29. The molecule has 1 atom stereocenters. The summed E-state index contributed by atoms with van der Waals surface area (Å²) >= 11 is 0. The summed E-state index contributed by atoms with van der Waals surface area (Å²) in [4.78, 5) is 4.03. The fourth-order valence-electron chi connectivity index (χ4n) is 2.92. The molecule has 1 unspecified atom stereocenters. The minimum absolute atomic E-state index is 0.146. The largest absolute Gasteiger partial charge is 0.388 e. The Hall–Kier alpha value is -1.62. The van der Waals surface area contributed by atoms with Gasteiger partial charge in [0, 0.05) is 30.4 Å². The summed E-state index contributed by atoms with van der Waals surface area (Å²) in [6.07, 6.45) is 5.67. The van der Waals surface area contributed by atoms with Crippen molar-refractivity contribution in [3.63, 3.8) is 0 Å². The van der Waals surface area contributed by atoms with Crippen molar-refractivity contribution in [1.82, 2.24) is 14.7 Å². The van der Waals surface area contributed by atoms with E-state index in [2.05, 4.69) is 28.6 Å². The molecule has 3 rings (SSSR count). The maximum atomic E-state index is 10.2. The molecule has 0 amide bonds. The van der Waals surface area contributed by atoms with Gasteiger partial charge < -0.3 is 14.2 Å². The molecular weight excluding hydrogens is 242 g/mol. The van der Waals surface area contributed by atoms with E-state index in [-0.39, 0.29) is 11.5 Å². The van der Waals surface area contributed by atoms with E-state index in [0.717, 1.165) is 31.4 Å². The van der Waals surface area contributed by atoms with Crippen LogP contribution < -0.4 is 0 Å². The average Bonchev–Trinajstić information content (AvgIpc) is 2.93. The summed E-state index contributed by atoms with van der Waals surface area (Å²) in [7, 11) is 0. The molecule has 2 aromatic heterocycles. The number of nitrogens with zero attached hydrogens (tertiary/aromatic N) is 3. The lowest BCUT2D eigenvalue weighted by atomic mass is 9.75. The van der Waals surface area contributed by atoms with Crippen LogP contribution in [0, 0.1) is 5.41 Å². The zero-order chi connectivity index (χ0) is 13.5. The van der Waals surface area contributed by atoms with Gasteiger partial charge in [0.15, 0.2) is 6.33 Å². The van der Waals surface area contributed by atoms with E-state index in [1.165, 1.54) is 12.0 Å². The number of aromatic nitrogens is 3. The first-order valence-corrected chi connectivity index (χ1v) is 6.67. The van der Waals surface area contributed by atoms with E-state index in [4.69, 9.17) is 4.52 Å². The minimum atomic E-state index is -0.344. The molecule has 0 spiro atoms. The Kier molecular flexibility index (Phi) is 2.93. The van der Waals surface area contributed by atoms with Gasteiger partial charge in [-0.1, -0.05) is 19.0 Å². The molecule has 2 aromatic rings. The monoisotopic (exact) mass is 261 g/mol. The molecule has 0 saturated carbocycles. The Morgan fingerprint density at radius 1 is 1.53 bits per heavy atom. The molecule has 0 aromatic carbocycles. The van der Waals surface area contributed by atoms with Gasteiger partial charge in [-0.3, -0.25) is 0 Å². The van der Waals surface area contributed by atoms with Crippen molar-refractivity contribution in [3.8, 4) is 0 Å². The summed E-state index contributed by atoms with van der Waals surface area (Å²) < 4.78 is 7.21. The van der Waals surface area contributed by atoms with Crippen molar-refractivity contribution in [2.45, 2.75) is 45.8 Å². The summed E-state index contributed by atoms with van der Waals surface area (Å²) in [6, 6.07) is 2.03. The Bertz CT molecular complexity index is 557. The van der Waals surface area contributed by atoms with Gasteiger partial charge in [-0.25, -0.2) is 0 Å². The van der Waals surface area contributed by atoms with Gasteiger partial charge in [0.1, 0.15) is 0 Å². The van der Waals surface area contributed by atoms with Crippen LogP contribution in [-0.2, 0) is 19.4 Å². The lowest BCUT2D eigenvalue weighted by molar-refractivity contribution is 0.0979. The first-order chi connectivity index (χ1) is 9.05. The standard InChI is InChI=1S/C14H19N3O2/c1-14(2)7-11-10(12(18)8-14)3-5-17(11)6-4-13-15-9-16-19-13/h3,5,9,12,18H,4,6-8H2,1-2H3. The van der Waals surface area contributed by atoms with E-state index in [1.54, 1.807) is 0 Å². The molecule has 1 N–H and O–H groups in total. The molecule has 1 aliphatic rings. The molecular formula is C14H19N3O2. The highest BCUT2D eigenvalue weighted by Crippen LogP contribution is 2.41. The van der Waals surface area contributed by atoms with Crippen LogP contribution in [0.3, 0.4) is 0 Å². The van der Waals surface area contributed by atoms with Crippen LogP contribution in [0.15, 0.2) is 23.1 Å². The van der Waals surface area contributed by atoms with Gasteiger partial charge in [-0.15, -0.1) is 0 Å². The number of aliphatic hydroxyl groups excluding tert-OH is 1. The highest BCUT2D eigenvalue weighted by atomic mass is 16.5. The number of hydrogen-bond acceptors (Lipinski definition) is 4. The van der Waals surface area contributed by atoms with E-state index < -0.39 is 0 Å². The molecule has 0 bridgehead atoms. The fourth-order valence-corrected chi connectivity index (χ4v) is 2.92. The third-order valence-corrected chi connectivity index (χ3v) is 3.84. The summed E-state index contributed by atoms with van der Waals surface area (Å²) in [5.41, 5.74) is 2.46. The lowest BCUT2D eigenvalue weighted by Crippen LogP contribution is -2.27. The molecule has 5 heteroatoms. The smallest absolute Gasteiger partial charge is 0.228 e. The zero-order valence-electron chi connectivity index (χ0n) is 11.3. The van der Waals surface area contributed by atoms with E-state index in [1.807, 2.05) is 12.3 Å². The van der Waals surface area contributed by atoms with Crippen molar-refractivity contribution in [2.75, 3.05) is 0 Å². The third-order valence-electron chi connectivity index (χ3n) is 3.84. The predicted octanol–water partition coefficient (Wildman–Crippen LogP) is 2.12. The maximum absolute atomic E-state index is 10.2. The van der Waals surface area contributed by atoms with Gasteiger partial charge >= 0.3 is 0 Å². The van der Waals surface area contributed by atoms with Crippen LogP contribution >= 0.6 is 0 Å². The molecule has 5 nitrogen and oxygen atoms in total. The number of aliphatic hydroxyl groups is 1. The summed E-state index contributed by atoms with van der Waals surface area (Å²) in [5, 5.41) is 13.8. The van der Waals surface area contributed by atoms with Crippen LogP contribution in [0.25, 0.3) is 0 Å². The molecule has 0 aliphatic heterocycles. The van der Waals surface area contributed by atoms with Gasteiger partial charge in [0.25, 0.3) is 0 Å². The Morgan fingerprint density at radius 3 is 3.11 bits per heavy atom. The Balaban J connectivity index is 1.80. The van der Waals surface area contributed by atoms with Gasteiger partial charge in [0.2, 0.25) is 5.89 Å². The van der Waals surface area contributed by atoms with Crippen LogP contribution in [0.4, 0.5) is 0 Å². The summed E-state index contributed by atoms with van der Waals surface area (Å²) in [6.45, 7) is 5.21. The molecule has 0 fully saturated rings. The molecule has 0 radical (unpaired) electrons. The van der Waals surface area contributed by atoms with E-state index in [0.29, 0.717) is 5.89 Å². The van der Waals surface area contributed by atoms with Crippen molar-refractivity contribution in [3.05, 3.63) is 35.7 Å². The Labute approximate surface area is 112 Å². The van der Waals surface area contributed by atoms with Crippen LogP contribution in [0.5, 0.6) is 0 Å². The number of aryl methyl sites for hydroxylation is 2. The van der Waals surface area contributed by atoms with Gasteiger partial charge in [-0.2, -0.15) is 4.98 Å². The second-order valence-electron chi connectivity index (χ2n) is 6.06. The van der Waals surface area contributed by atoms with Crippen LogP contribution in [-0.4, -0.2) is 19.8 Å². The molecule has 19 heavy (non-hydrogen) atoms. The van der Waals surface area contributed by atoms with E-state index >= 15 is 0 Å².